The van der Waals surface area contributed by atoms with Crippen LogP contribution in [0.1, 0.15) is 22.0 Å². The van der Waals surface area contributed by atoms with Gasteiger partial charge in [0.05, 0.1) is 13.1 Å². The van der Waals surface area contributed by atoms with Crippen LogP contribution >= 0.6 is 11.3 Å². The normalized spacial score (nSPS) is 10.1. The molecule has 5 heteroatoms. The van der Waals surface area contributed by atoms with Gasteiger partial charge in [-0.15, -0.1) is 11.3 Å². The topological polar surface area (TPSA) is 60.9 Å². The molecule has 0 saturated carbocycles. The highest BCUT2D eigenvalue weighted by Gasteiger charge is 2.07. The van der Waals surface area contributed by atoms with Gasteiger partial charge >= 0.3 is 0 Å². The van der Waals surface area contributed by atoms with Crippen LogP contribution in [0.2, 0.25) is 0 Å². The highest BCUT2D eigenvalue weighted by atomic mass is 32.1. The molecule has 2 rings (SSSR count). The van der Waals surface area contributed by atoms with Crippen molar-refractivity contribution in [3.05, 3.63) is 49.8 Å². The van der Waals surface area contributed by atoms with Crippen LogP contribution in [0.3, 0.4) is 0 Å². The Labute approximate surface area is 115 Å². The zero-order valence-electron chi connectivity index (χ0n) is 10.9. The van der Waals surface area contributed by atoms with E-state index in [0.29, 0.717) is 13.1 Å². The Balaban J connectivity index is 2.37. The van der Waals surface area contributed by atoms with Crippen molar-refractivity contribution >= 4 is 11.3 Å². The van der Waals surface area contributed by atoms with E-state index in [2.05, 4.69) is 16.8 Å². The minimum absolute atomic E-state index is 0.0314. The highest BCUT2D eigenvalue weighted by molar-refractivity contribution is 7.10. The molecule has 2 aromatic rings. The van der Waals surface area contributed by atoms with E-state index in [9.17, 15) is 4.79 Å². The molecule has 0 aromatic carbocycles. The van der Waals surface area contributed by atoms with Crippen molar-refractivity contribution in [3.63, 3.8) is 0 Å². The van der Waals surface area contributed by atoms with Crippen LogP contribution in [-0.4, -0.2) is 16.1 Å². The van der Waals surface area contributed by atoms with E-state index in [1.165, 1.54) is 0 Å². The number of aryl methyl sites for hydroxylation is 2. The monoisotopic (exact) mass is 273 g/mol. The first-order chi connectivity index (χ1) is 9.11. The number of nitrogens with two attached hydrogens (primary N) is 1. The van der Waals surface area contributed by atoms with Gasteiger partial charge in [0.2, 0.25) is 0 Å². The minimum atomic E-state index is -0.0314. The number of rotatable bonds is 2. The summed E-state index contributed by atoms with van der Waals surface area (Å²) in [6.07, 6.45) is 0. The van der Waals surface area contributed by atoms with Crippen molar-refractivity contribution in [2.75, 3.05) is 6.54 Å². The molecular weight excluding hydrogens is 258 g/mol. The highest BCUT2D eigenvalue weighted by Crippen LogP contribution is 2.17. The van der Waals surface area contributed by atoms with E-state index in [4.69, 9.17) is 5.73 Å². The molecule has 19 heavy (non-hydrogen) atoms. The van der Waals surface area contributed by atoms with Gasteiger partial charge in [-0.05, 0) is 25.3 Å². The van der Waals surface area contributed by atoms with E-state index in [1.807, 2.05) is 25.3 Å². The second kappa shape index (κ2) is 5.83. The zero-order chi connectivity index (χ0) is 13.8. The molecule has 2 aromatic heterocycles. The van der Waals surface area contributed by atoms with Gasteiger partial charge in [0.25, 0.3) is 5.56 Å². The van der Waals surface area contributed by atoms with Crippen LogP contribution in [0.25, 0.3) is 0 Å². The maximum absolute atomic E-state index is 12.0. The molecular formula is C14H15N3OS. The molecule has 0 atom stereocenters. The summed E-state index contributed by atoms with van der Waals surface area (Å²) in [5, 5.41) is 1.97. The third-order valence-electron chi connectivity index (χ3n) is 2.70. The quantitative estimate of drug-likeness (QED) is 0.839. The van der Waals surface area contributed by atoms with Gasteiger partial charge in [-0.25, -0.2) is 4.98 Å². The van der Waals surface area contributed by atoms with Gasteiger partial charge in [-0.2, -0.15) is 0 Å². The summed E-state index contributed by atoms with van der Waals surface area (Å²) in [5.41, 5.74) is 7.02. The van der Waals surface area contributed by atoms with Crippen LogP contribution in [0.5, 0.6) is 0 Å². The second-order valence-corrected chi connectivity index (χ2v) is 5.13. The van der Waals surface area contributed by atoms with Gasteiger partial charge < -0.3 is 5.73 Å². The first-order valence-corrected chi connectivity index (χ1v) is 6.80. The predicted octanol–water partition coefficient (Wildman–Crippen LogP) is 1.28. The molecule has 0 amide bonds. The smallest absolute Gasteiger partial charge is 0.254 e. The van der Waals surface area contributed by atoms with E-state index in [1.54, 1.807) is 22.0 Å². The fourth-order valence-electron chi connectivity index (χ4n) is 1.82. The van der Waals surface area contributed by atoms with Crippen LogP contribution in [0, 0.1) is 25.7 Å². The average molecular weight is 273 g/mol. The molecule has 0 aliphatic carbocycles. The summed E-state index contributed by atoms with van der Waals surface area (Å²) in [6.45, 7) is 4.50. The Bertz CT molecular complexity index is 703. The third-order valence-corrected chi connectivity index (χ3v) is 3.61. The van der Waals surface area contributed by atoms with Gasteiger partial charge in [0.1, 0.15) is 5.82 Å². The number of hydrogen-bond donors (Lipinski definition) is 1. The molecule has 98 valence electrons. The van der Waals surface area contributed by atoms with E-state index in [-0.39, 0.29) is 5.56 Å². The molecule has 2 N–H and O–H groups in total. The summed E-state index contributed by atoms with van der Waals surface area (Å²) in [6, 6.07) is 3.50. The second-order valence-electron chi connectivity index (χ2n) is 4.13. The SMILES string of the molecule is Cc1cc(=O)n(Cc2sccc2C#CCN)c(C)n1. The Morgan fingerprint density at radius 2 is 2.26 bits per heavy atom. The lowest BCUT2D eigenvalue weighted by atomic mass is 10.2. The predicted molar refractivity (Wildman–Crippen MR) is 77.3 cm³/mol. The molecule has 0 bridgehead atoms. The van der Waals surface area contributed by atoms with Gasteiger partial charge in [-0.3, -0.25) is 9.36 Å². The maximum Gasteiger partial charge on any atom is 0.254 e. The van der Waals surface area contributed by atoms with Crippen LogP contribution < -0.4 is 11.3 Å². The first kappa shape index (κ1) is 13.5. The van der Waals surface area contributed by atoms with Crippen molar-refractivity contribution in [1.29, 1.82) is 0 Å². The molecule has 0 unspecified atom stereocenters. The minimum Gasteiger partial charge on any atom is -0.320 e. The van der Waals surface area contributed by atoms with E-state index >= 15 is 0 Å². The van der Waals surface area contributed by atoms with Crippen molar-refractivity contribution in [3.8, 4) is 11.8 Å². The Kier molecular flexibility index (Phi) is 4.15. The van der Waals surface area contributed by atoms with E-state index in [0.717, 1.165) is 22.0 Å². The molecule has 4 nitrogen and oxygen atoms in total. The van der Waals surface area contributed by atoms with Gasteiger partial charge in [0.15, 0.2) is 0 Å². The summed E-state index contributed by atoms with van der Waals surface area (Å²) in [5.74, 6) is 6.58. The van der Waals surface area contributed by atoms with Crippen molar-refractivity contribution in [2.24, 2.45) is 5.73 Å². The molecule has 0 fully saturated rings. The molecule has 0 saturated heterocycles. The number of aromatic nitrogens is 2. The fraction of sp³-hybridized carbons (Fsp3) is 0.286. The van der Waals surface area contributed by atoms with Crippen molar-refractivity contribution in [1.82, 2.24) is 9.55 Å². The lowest BCUT2D eigenvalue weighted by molar-refractivity contribution is 0.701. The summed E-state index contributed by atoms with van der Waals surface area (Å²) >= 11 is 1.59. The largest absolute Gasteiger partial charge is 0.320 e. The first-order valence-electron chi connectivity index (χ1n) is 5.92. The van der Waals surface area contributed by atoms with Crippen LogP contribution in [-0.2, 0) is 6.54 Å². The van der Waals surface area contributed by atoms with Gasteiger partial charge in [-0.1, -0.05) is 11.8 Å². The summed E-state index contributed by atoms with van der Waals surface area (Å²) in [4.78, 5) is 17.4. The average Bonchev–Trinajstić information content (AvgIpc) is 2.78. The molecule has 0 aliphatic rings. The zero-order valence-corrected chi connectivity index (χ0v) is 11.8. The van der Waals surface area contributed by atoms with E-state index < -0.39 is 0 Å². The number of nitrogens with zero attached hydrogens (tertiary/aromatic N) is 2. The number of thiophene rings is 1. The summed E-state index contributed by atoms with van der Waals surface area (Å²) in [7, 11) is 0. The number of hydrogen-bond acceptors (Lipinski definition) is 4. The van der Waals surface area contributed by atoms with Crippen LogP contribution in [0.15, 0.2) is 22.3 Å². The van der Waals surface area contributed by atoms with Gasteiger partial charge in [0, 0.05) is 22.2 Å². The Hall–Kier alpha value is -1.90. The molecule has 0 aliphatic heterocycles. The fourth-order valence-corrected chi connectivity index (χ4v) is 2.64. The lowest BCUT2D eigenvalue weighted by Crippen LogP contribution is -2.24. The van der Waals surface area contributed by atoms with Crippen LogP contribution in [0.4, 0.5) is 0 Å². The third kappa shape index (κ3) is 3.11. The molecule has 2 heterocycles. The summed E-state index contributed by atoms with van der Waals surface area (Å²) < 4.78 is 1.66. The van der Waals surface area contributed by atoms with Crippen molar-refractivity contribution in [2.45, 2.75) is 20.4 Å². The molecule has 0 radical (unpaired) electrons. The van der Waals surface area contributed by atoms with Crippen molar-refractivity contribution < 1.29 is 0 Å². The maximum atomic E-state index is 12.0. The standard InChI is InChI=1S/C14H15N3OS/c1-10-8-14(18)17(11(2)16-10)9-13-12(4-3-6-15)5-7-19-13/h5,7-8H,6,9,15H2,1-2H3. The Morgan fingerprint density at radius 3 is 2.95 bits per heavy atom. The lowest BCUT2D eigenvalue weighted by Gasteiger charge is -2.08. The molecule has 0 spiro atoms. The Morgan fingerprint density at radius 1 is 1.47 bits per heavy atom.